The predicted octanol–water partition coefficient (Wildman–Crippen LogP) is 2.39. The van der Waals surface area contributed by atoms with Crippen LogP contribution in [0.15, 0.2) is 39.6 Å². The van der Waals surface area contributed by atoms with Crippen LogP contribution in [0.1, 0.15) is 17.6 Å². The highest BCUT2D eigenvalue weighted by atomic mass is 32.2. The van der Waals surface area contributed by atoms with Crippen LogP contribution < -0.4 is 5.32 Å². The molecule has 0 radical (unpaired) electrons. The highest BCUT2D eigenvalue weighted by molar-refractivity contribution is 7.90. The summed E-state index contributed by atoms with van der Waals surface area (Å²) in [5, 5.41) is 14.5. The molecule has 152 valence electrons. The van der Waals surface area contributed by atoms with E-state index in [4.69, 9.17) is 9.15 Å². The molecule has 1 aromatic carbocycles. The van der Waals surface area contributed by atoms with E-state index < -0.39 is 14.8 Å². The molecule has 0 spiro atoms. The molecule has 2 heterocycles. The third kappa shape index (κ3) is 4.70. The normalized spacial score (nSPS) is 16.6. The fourth-order valence-electron chi connectivity index (χ4n) is 3.18. The van der Waals surface area contributed by atoms with Crippen molar-refractivity contribution in [3.63, 3.8) is 0 Å². The van der Waals surface area contributed by atoms with E-state index in [0.717, 1.165) is 36.9 Å². The second-order valence-corrected chi connectivity index (χ2v) is 8.72. The lowest BCUT2D eigenvalue weighted by atomic mass is 10.1. The summed E-state index contributed by atoms with van der Waals surface area (Å²) in [5.41, 5.74) is -0.0155. The zero-order valence-corrected chi connectivity index (χ0v) is 16.6. The summed E-state index contributed by atoms with van der Waals surface area (Å²) < 4.78 is 34.6. The summed E-state index contributed by atoms with van der Waals surface area (Å²) in [6, 6.07) is 7.53. The maximum absolute atomic E-state index is 11.7. The summed E-state index contributed by atoms with van der Waals surface area (Å²) in [6.07, 6.45) is 1.02. The Labute approximate surface area is 163 Å². The first kappa shape index (κ1) is 20.3. The number of nitrogens with one attached hydrogen (secondary N) is 1. The number of ether oxygens (including phenoxy) is 1. The molecule has 9 nitrogen and oxygen atoms in total. The lowest BCUT2D eigenvalue weighted by molar-refractivity contribution is -0.384. The number of hydrogen-bond donors (Lipinski definition) is 1. The number of sulfone groups is 1. The van der Waals surface area contributed by atoms with Gasteiger partial charge in [-0.15, -0.1) is 0 Å². The fraction of sp³-hybridized carbons (Fsp3) is 0.444. The zero-order valence-electron chi connectivity index (χ0n) is 15.8. The molecule has 1 fully saturated rings. The number of nitro groups is 1. The van der Waals surface area contributed by atoms with E-state index in [1.807, 2.05) is 19.1 Å². The second kappa shape index (κ2) is 8.29. The van der Waals surface area contributed by atoms with E-state index in [1.54, 1.807) is 0 Å². The Balaban J connectivity index is 1.85. The first-order valence-electron chi connectivity index (χ1n) is 8.86. The standard InChI is InChI=1S/C18H23N3O6S/c1-13-3-6-18(27-13)17(20-7-9-26-10-8-20)12-19-15-5-4-14(28(2,24)25)11-16(15)21(22)23/h3-6,11,17,19H,7-10,12H2,1-2H3/t17-/m0/s1. The Morgan fingerprint density at radius 3 is 2.54 bits per heavy atom. The minimum absolute atomic E-state index is 0.0869. The molecule has 3 rings (SSSR count). The van der Waals surface area contributed by atoms with E-state index in [0.29, 0.717) is 19.8 Å². The molecular formula is C18H23N3O6S. The molecule has 1 saturated heterocycles. The van der Waals surface area contributed by atoms with Gasteiger partial charge in [0.25, 0.3) is 5.69 Å². The molecule has 28 heavy (non-hydrogen) atoms. The number of rotatable bonds is 7. The largest absolute Gasteiger partial charge is 0.465 e. The lowest BCUT2D eigenvalue weighted by Gasteiger charge is -2.33. The lowest BCUT2D eigenvalue weighted by Crippen LogP contribution is -2.41. The van der Waals surface area contributed by atoms with Gasteiger partial charge < -0.3 is 14.5 Å². The van der Waals surface area contributed by atoms with Crippen molar-refractivity contribution in [2.45, 2.75) is 17.9 Å². The van der Waals surface area contributed by atoms with Crippen molar-refractivity contribution < 1.29 is 22.5 Å². The number of morpholine rings is 1. The van der Waals surface area contributed by atoms with Crippen LogP contribution in [0, 0.1) is 17.0 Å². The molecule has 10 heteroatoms. The Hall–Kier alpha value is -2.43. The van der Waals surface area contributed by atoms with Crippen LogP contribution in [0.3, 0.4) is 0 Å². The van der Waals surface area contributed by atoms with Gasteiger partial charge >= 0.3 is 0 Å². The third-order valence-electron chi connectivity index (χ3n) is 4.66. The van der Waals surface area contributed by atoms with Crippen molar-refractivity contribution in [1.82, 2.24) is 4.90 Å². The van der Waals surface area contributed by atoms with Gasteiger partial charge in [-0.25, -0.2) is 8.42 Å². The monoisotopic (exact) mass is 409 g/mol. The van der Waals surface area contributed by atoms with Gasteiger partial charge in [0.1, 0.15) is 17.2 Å². The molecule has 0 bridgehead atoms. The van der Waals surface area contributed by atoms with Crippen molar-refractivity contribution in [3.05, 3.63) is 52.0 Å². The summed E-state index contributed by atoms with van der Waals surface area (Å²) in [7, 11) is -3.53. The minimum atomic E-state index is -3.53. The van der Waals surface area contributed by atoms with Gasteiger partial charge in [-0.3, -0.25) is 15.0 Å². The molecule has 1 aliphatic heterocycles. The maximum atomic E-state index is 11.7. The quantitative estimate of drug-likeness (QED) is 0.547. The smallest absolute Gasteiger partial charge is 0.293 e. The van der Waals surface area contributed by atoms with Crippen LogP contribution in [0.4, 0.5) is 11.4 Å². The SMILES string of the molecule is Cc1ccc([C@H](CNc2ccc(S(C)(=O)=O)cc2[N+](=O)[O-])N2CCOCC2)o1. The van der Waals surface area contributed by atoms with E-state index in [2.05, 4.69) is 10.2 Å². The fourth-order valence-corrected chi connectivity index (χ4v) is 3.82. The van der Waals surface area contributed by atoms with Gasteiger partial charge in [-0.1, -0.05) is 0 Å². The highest BCUT2D eigenvalue weighted by Crippen LogP contribution is 2.30. The molecule has 0 aliphatic carbocycles. The van der Waals surface area contributed by atoms with Gasteiger partial charge in [0.15, 0.2) is 9.84 Å². The summed E-state index contributed by atoms with van der Waals surface area (Å²) >= 11 is 0. The Morgan fingerprint density at radius 2 is 1.96 bits per heavy atom. The van der Waals surface area contributed by atoms with Gasteiger partial charge in [-0.05, 0) is 31.2 Å². The average Bonchev–Trinajstić information content (AvgIpc) is 3.08. The van der Waals surface area contributed by atoms with Gasteiger partial charge in [0, 0.05) is 32.0 Å². The summed E-state index contributed by atoms with van der Waals surface area (Å²) in [5.74, 6) is 1.55. The summed E-state index contributed by atoms with van der Waals surface area (Å²) in [6.45, 7) is 4.90. The number of benzene rings is 1. The molecule has 1 aliphatic rings. The highest BCUT2D eigenvalue weighted by Gasteiger charge is 2.26. The van der Waals surface area contributed by atoms with Crippen LogP contribution in [0.2, 0.25) is 0 Å². The van der Waals surface area contributed by atoms with Gasteiger partial charge in [-0.2, -0.15) is 0 Å². The van der Waals surface area contributed by atoms with Crippen molar-refractivity contribution in [2.75, 3.05) is 44.4 Å². The van der Waals surface area contributed by atoms with E-state index >= 15 is 0 Å². The predicted molar refractivity (Wildman–Crippen MR) is 103 cm³/mol. The summed E-state index contributed by atoms with van der Waals surface area (Å²) in [4.78, 5) is 13.0. The zero-order chi connectivity index (χ0) is 20.3. The van der Waals surface area contributed by atoms with Crippen molar-refractivity contribution in [1.29, 1.82) is 0 Å². The third-order valence-corrected chi connectivity index (χ3v) is 5.77. The van der Waals surface area contributed by atoms with E-state index in [-0.39, 0.29) is 22.3 Å². The molecule has 0 amide bonds. The van der Waals surface area contributed by atoms with Gasteiger partial charge in [0.05, 0.1) is 29.1 Å². The molecule has 0 saturated carbocycles. The Kier molecular flexibility index (Phi) is 6.01. The number of nitro benzene ring substituents is 1. The number of hydrogen-bond acceptors (Lipinski definition) is 8. The van der Waals surface area contributed by atoms with Crippen LogP contribution in [0.5, 0.6) is 0 Å². The average molecular weight is 409 g/mol. The van der Waals surface area contributed by atoms with Crippen molar-refractivity contribution >= 4 is 21.2 Å². The second-order valence-electron chi connectivity index (χ2n) is 6.70. The number of furan rings is 1. The van der Waals surface area contributed by atoms with Crippen LogP contribution >= 0.6 is 0 Å². The molecule has 2 aromatic rings. The Morgan fingerprint density at radius 1 is 1.25 bits per heavy atom. The van der Waals surface area contributed by atoms with Gasteiger partial charge in [0.2, 0.25) is 0 Å². The van der Waals surface area contributed by atoms with Crippen LogP contribution in [-0.2, 0) is 14.6 Å². The molecule has 1 aromatic heterocycles. The van der Waals surface area contributed by atoms with Crippen molar-refractivity contribution in [3.8, 4) is 0 Å². The minimum Gasteiger partial charge on any atom is -0.465 e. The molecular weight excluding hydrogens is 386 g/mol. The Bertz CT molecular complexity index is 950. The van der Waals surface area contributed by atoms with E-state index in [1.165, 1.54) is 12.1 Å². The molecule has 1 N–H and O–H groups in total. The molecule has 0 unspecified atom stereocenters. The maximum Gasteiger partial charge on any atom is 0.293 e. The van der Waals surface area contributed by atoms with Crippen LogP contribution in [0.25, 0.3) is 0 Å². The topological polar surface area (TPSA) is 115 Å². The first-order chi connectivity index (χ1) is 13.3. The number of anilines is 1. The van der Waals surface area contributed by atoms with Crippen molar-refractivity contribution in [2.24, 2.45) is 0 Å². The van der Waals surface area contributed by atoms with E-state index in [9.17, 15) is 18.5 Å². The molecule has 1 atom stereocenters. The number of nitrogens with zero attached hydrogens (tertiary/aromatic N) is 2. The first-order valence-corrected chi connectivity index (χ1v) is 10.8. The number of aryl methyl sites for hydroxylation is 1. The van der Waals surface area contributed by atoms with Crippen LogP contribution in [-0.4, -0.2) is 57.3 Å².